The molecule has 3 rings (SSSR count). The topological polar surface area (TPSA) is 3.24 Å². The number of hydrogen-bond acceptors (Lipinski definition) is 2. The molecule has 3 aromatic carbocycles. The van der Waals surface area contributed by atoms with Gasteiger partial charge in [0.15, 0.2) is 0 Å². The predicted molar refractivity (Wildman–Crippen MR) is 105 cm³/mol. The Morgan fingerprint density at radius 2 is 1.13 bits per heavy atom. The van der Waals surface area contributed by atoms with Crippen molar-refractivity contribution in [2.24, 2.45) is 0 Å². The lowest BCUT2D eigenvalue weighted by Crippen LogP contribution is -2.21. The third-order valence-electron chi connectivity index (χ3n) is 3.42. The molecule has 0 aliphatic rings. The number of hydrogen-bond donors (Lipinski definition) is 0. The number of para-hydroxylation sites is 2. The van der Waals surface area contributed by atoms with Crippen molar-refractivity contribution in [1.29, 1.82) is 0 Å². The summed E-state index contributed by atoms with van der Waals surface area (Å²) in [5.74, 6) is 0.871. The lowest BCUT2D eigenvalue weighted by Gasteiger charge is -2.25. The van der Waals surface area contributed by atoms with Gasteiger partial charge in [-0.05, 0) is 29.8 Å². The summed E-state index contributed by atoms with van der Waals surface area (Å²) in [5, 5.41) is 0. The molecule has 3 heteroatoms. The molecule has 0 aliphatic heterocycles. The summed E-state index contributed by atoms with van der Waals surface area (Å²) in [6.07, 6.45) is 0. The van der Waals surface area contributed by atoms with Crippen molar-refractivity contribution in [3.8, 4) is 0 Å². The molecule has 23 heavy (non-hydrogen) atoms. The summed E-state index contributed by atoms with van der Waals surface area (Å²) in [6, 6.07) is 30.9. The molecule has 0 amide bonds. The minimum atomic E-state index is 0.853. The Hall–Kier alpha value is -2.10. The monoisotopic (exact) mass is 335 g/mol. The van der Waals surface area contributed by atoms with Crippen LogP contribution in [0.2, 0.25) is 0 Å². The van der Waals surface area contributed by atoms with E-state index in [-0.39, 0.29) is 0 Å². The van der Waals surface area contributed by atoms with Crippen LogP contribution >= 0.6 is 24.0 Å². The van der Waals surface area contributed by atoms with Crippen molar-refractivity contribution < 1.29 is 0 Å². The van der Waals surface area contributed by atoms with Gasteiger partial charge in [0.2, 0.25) is 0 Å². The molecule has 0 saturated heterocycles. The molecule has 3 aromatic rings. The van der Waals surface area contributed by atoms with Gasteiger partial charge >= 0.3 is 0 Å². The highest BCUT2D eigenvalue weighted by Crippen LogP contribution is 2.30. The van der Waals surface area contributed by atoms with E-state index in [1.807, 2.05) is 42.5 Å². The van der Waals surface area contributed by atoms with E-state index in [0.29, 0.717) is 0 Å². The fraction of sp³-hybridized carbons (Fsp3) is 0.0500. The molecule has 0 unspecified atom stereocenters. The zero-order valence-electron chi connectivity index (χ0n) is 12.6. The van der Waals surface area contributed by atoms with Crippen LogP contribution in [0, 0.1) is 0 Å². The van der Waals surface area contributed by atoms with Crippen LogP contribution in [0.3, 0.4) is 0 Å². The van der Waals surface area contributed by atoms with E-state index in [9.17, 15) is 0 Å². The molecule has 0 heterocycles. The van der Waals surface area contributed by atoms with Gasteiger partial charge < -0.3 is 0 Å². The Morgan fingerprint density at radius 3 is 1.61 bits per heavy atom. The molecule has 0 aromatic heterocycles. The van der Waals surface area contributed by atoms with Gasteiger partial charge in [0.1, 0.15) is 4.32 Å². The van der Waals surface area contributed by atoms with Crippen molar-refractivity contribution >= 4 is 39.7 Å². The average molecular weight is 335 g/mol. The summed E-state index contributed by atoms with van der Waals surface area (Å²) < 4.78 is 0.853. The van der Waals surface area contributed by atoms with Gasteiger partial charge in [-0.2, -0.15) is 0 Å². The summed E-state index contributed by atoms with van der Waals surface area (Å²) in [5.41, 5.74) is 3.45. The van der Waals surface area contributed by atoms with Crippen LogP contribution < -0.4 is 4.90 Å². The molecule has 0 fully saturated rings. The van der Waals surface area contributed by atoms with Crippen LogP contribution in [0.1, 0.15) is 5.56 Å². The molecule has 0 radical (unpaired) electrons. The van der Waals surface area contributed by atoms with Gasteiger partial charge in [0.25, 0.3) is 0 Å². The largest absolute Gasteiger partial charge is 0.296 e. The second-order valence-electron chi connectivity index (χ2n) is 5.05. The average Bonchev–Trinajstić information content (AvgIpc) is 2.63. The Balaban J connectivity index is 1.82. The summed E-state index contributed by atoms with van der Waals surface area (Å²) >= 11 is 7.41. The lowest BCUT2D eigenvalue weighted by molar-refractivity contribution is 1.38. The van der Waals surface area contributed by atoms with Crippen molar-refractivity contribution in [3.05, 3.63) is 96.6 Å². The summed E-state index contributed by atoms with van der Waals surface area (Å²) in [7, 11) is 0. The quantitative estimate of drug-likeness (QED) is 0.535. The molecule has 0 N–H and O–H groups in total. The maximum Gasteiger partial charge on any atom is 0.145 e. The van der Waals surface area contributed by atoms with E-state index in [0.717, 1.165) is 21.4 Å². The Kier molecular flexibility index (Phi) is 5.46. The number of benzene rings is 3. The number of thioether (sulfide) groups is 1. The maximum absolute atomic E-state index is 5.73. The first-order valence-corrected chi connectivity index (χ1v) is 8.85. The van der Waals surface area contributed by atoms with Gasteiger partial charge in [-0.25, -0.2) is 0 Å². The lowest BCUT2D eigenvalue weighted by atomic mass is 10.2. The van der Waals surface area contributed by atoms with E-state index >= 15 is 0 Å². The fourth-order valence-electron chi connectivity index (χ4n) is 2.30. The van der Waals surface area contributed by atoms with Crippen molar-refractivity contribution in [1.82, 2.24) is 0 Å². The number of nitrogens with zero attached hydrogens (tertiary/aromatic N) is 1. The molecular formula is C20H17NS2. The Labute approximate surface area is 147 Å². The zero-order chi connectivity index (χ0) is 15.9. The first-order valence-electron chi connectivity index (χ1n) is 7.45. The van der Waals surface area contributed by atoms with Crippen LogP contribution in [0.15, 0.2) is 91.0 Å². The first-order chi connectivity index (χ1) is 11.3. The minimum Gasteiger partial charge on any atom is -0.296 e. The van der Waals surface area contributed by atoms with Crippen LogP contribution in [0.25, 0.3) is 0 Å². The summed E-state index contributed by atoms with van der Waals surface area (Å²) in [4.78, 5) is 2.13. The third kappa shape index (κ3) is 4.21. The van der Waals surface area contributed by atoms with Gasteiger partial charge in [0, 0.05) is 17.1 Å². The fourth-order valence-corrected chi connectivity index (χ4v) is 3.51. The van der Waals surface area contributed by atoms with Crippen molar-refractivity contribution in [2.75, 3.05) is 4.90 Å². The van der Waals surface area contributed by atoms with E-state index in [4.69, 9.17) is 12.2 Å². The smallest absolute Gasteiger partial charge is 0.145 e. The molecule has 0 spiro atoms. The number of anilines is 2. The van der Waals surface area contributed by atoms with Crippen molar-refractivity contribution in [3.63, 3.8) is 0 Å². The van der Waals surface area contributed by atoms with Crippen LogP contribution in [0.4, 0.5) is 11.4 Å². The van der Waals surface area contributed by atoms with Gasteiger partial charge in [-0.1, -0.05) is 90.7 Å². The molecule has 0 saturated carbocycles. The van der Waals surface area contributed by atoms with Gasteiger partial charge in [0.05, 0.1) is 0 Å². The molecule has 1 nitrogen and oxygen atoms in total. The maximum atomic E-state index is 5.73. The van der Waals surface area contributed by atoms with Gasteiger partial charge in [-0.3, -0.25) is 4.90 Å². The standard InChI is InChI=1S/C20H17NS2/c22-20(23-16-17-10-4-1-5-11-17)21(18-12-6-2-7-13-18)19-14-8-3-9-15-19/h1-15H,16H2. The number of rotatable bonds is 4. The second-order valence-corrected chi connectivity index (χ2v) is 6.66. The SMILES string of the molecule is S=C(SCc1ccccc1)N(c1ccccc1)c1ccccc1. The second kappa shape index (κ2) is 7.95. The normalized spacial score (nSPS) is 10.3. The number of thiocarbonyl (C=S) groups is 1. The van der Waals surface area contributed by atoms with Crippen LogP contribution in [-0.4, -0.2) is 4.32 Å². The van der Waals surface area contributed by atoms with Crippen LogP contribution in [-0.2, 0) is 5.75 Å². The highest BCUT2D eigenvalue weighted by atomic mass is 32.2. The van der Waals surface area contributed by atoms with E-state index in [2.05, 4.69) is 53.4 Å². The van der Waals surface area contributed by atoms with Crippen molar-refractivity contribution in [2.45, 2.75) is 5.75 Å². The molecule has 0 aliphatic carbocycles. The van der Waals surface area contributed by atoms with Gasteiger partial charge in [-0.15, -0.1) is 0 Å². The Morgan fingerprint density at radius 1 is 0.696 bits per heavy atom. The molecular weight excluding hydrogens is 318 g/mol. The zero-order valence-corrected chi connectivity index (χ0v) is 14.3. The first kappa shape index (κ1) is 15.8. The highest BCUT2D eigenvalue weighted by molar-refractivity contribution is 8.22. The van der Waals surface area contributed by atoms with E-state index in [1.54, 1.807) is 11.8 Å². The molecule has 0 atom stereocenters. The minimum absolute atomic E-state index is 0.853. The van der Waals surface area contributed by atoms with E-state index < -0.39 is 0 Å². The molecule has 114 valence electrons. The van der Waals surface area contributed by atoms with Crippen LogP contribution in [0.5, 0.6) is 0 Å². The highest BCUT2D eigenvalue weighted by Gasteiger charge is 2.14. The summed E-state index contributed by atoms with van der Waals surface area (Å²) in [6.45, 7) is 0. The van der Waals surface area contributed by atoms with E-state index in [1.165, 1.54) is 5.56 Å². The molecule has 0 bridgehead atoms. The Bertz CT molecular complexity index is 703. The third-order valence-corrected chi connectivity index (χ3v) is 4.86. The predicted octanol–water partition coefficient (Wildman–Crippen LogP) is 6.04.